The Balaban J connectivity index is 1.63. The van der Waals surface area contributed by atoms with E-state index in [2.05, 4.69) is 16.5 Å². The molecule has 0 aliphatic heterocycles. The van der Waals surface area contributed by atoms with Crippen molar-refractivity contribution in [3.8, 4) is 0 Å². The minimum atomic E-state index is -0.483. The molecule has 0 spiro atoms. The monoisotopic (exact) mass is 245 g/mol. The van der Waals surface area contributed by atoms with Gasteiger partial charge in [-0.05, 0) is 25.0 Å². The van der Waals surface area contributed by atoms with Crippen molar-refractivity contribution in [3.05, 3.63) is 36.2 Å². The Hall–Kier alpha value is -1.39. The van der Waals surface area contributed by atoms with Crippen molar-refractivity contribution in [3.63, 3.8) is 0 Å². The first-order valence-corrected chi connectivity index (χ1v) is 6.61. The second-order valence-electron chi connectivity index (χ2n) is 5.24. The molecule has 0 bridgehead atoms. The Morgan fingerprint density at radius 1 is 1.33 bits per heavy atom. The van der Waals surface area contributed by atoms with E-state index in [0.717, 1.165) is 37.7 Å². The molecule has 18 heavy (non-hydrogen) atoms. The number of rotatable bonds is 4. The topological polar surface area (TPSA) is 49.6 Å². The summed E-state index contributed by atoms with van der Waals surface area (Å²) < 4.78 is 1.88. The van der Waals surface area contributed by atoms with Gasteiger partial charge in [-0.2, -0.15) is 5.10 Å². The van der Waals surface area contributed by atoms with Crippen molar-refractivity contribution >= 4 is 5.52 Å². The van der Waals surface area contributed by atoms with Gasteiger partial charge in [-0.25, -0.2) is 4.52 Å². The van der Waals surface area contributed by atoms with Gasteiger partial charge in [0.15, 0.2) is 0 Å². The van der Waals surface area contributed by atoms with Crippen LogP contribution in [0.3, 0.4) is 0 Å². The number of fused-ring (bicyclic) bond motifs is 1. The number of pyridine rings is 1. The van der Waals surface area contributed by atoms with Gasteiger partial charge in [0.25, 0.3) is 0 Å². The van der Waals surface area contributed by atoms with Gasteiger partial charge in [0, 0.05) is 24.8 Å². The van der Waals surface area contributed by atoms with E-state index in [1.807, 2.05) is 29.0 Å². The number of aromatic nitrogens is 2. The number of aliphatic hydroxyl groups is 1. The van der Waals surface area contributed by atoms with Crippen molar-refractivity contribution in [2.24, 2.45) is 0 Å². The highest BCUT2D eigenvalue weighted by molar-refractivity contribution is 5.53. The average Bonchev–Trinajstić information content (AvgIpc) is 2.97. The highest BCUT2D eigenvalue weighted by atomic mass is 16.3. The van der Waals surface area contributed by atoms with Crippen molar-refractivity contribution < 1.29 is 5.11 Å². The SMILES string of the molecule is OC1(CNCc2cnn3ccccc23)CCCC1. The van der Waals surface area contributed by atoms with Gasteiger partial charge in [-0.1, -0.05) is 18.9 Å². The molecule has 2 aromatic heterocycles. The van der Waals surface area contributed by atoms with Crippen LogP contribution in [0.15, 0.2) is 30.6 Å². The maximum Gasteiger partial charge on any atom is 0.0771 e. The maximum absolute atomic E-state index is 10.2. The Bertz CT molecular complexity index is 529. The smallest absolute Gasteiger partial charge is 0.0771 e. The summed E-state index contributed by atoms with van der Waals surface area (Å²) in [7, 11) is 0. The van der Waals surface area contributed by atoms with Crippen LogP contribution in [-0.4, -0.2) is 26.9 Å². The van der Waals surface area contributed by atoms with E-state index < -0.39 is 5.60 Å². The van der Waals surface area contributed by atoms with Crippen molar-refractivity contribution in [1.29, 1.82) is 0 Å². The lowest BCUT2D eigenvalue weighted by Crippen LogP contribution is -2.37. The molecule has 1 fully saturated rings. The molecule has 0 amide bonds. The molecular formula is C14H19N3O. The summed E-state index contributed by atoms with van der Waals surface area (Å²) in [5.41, 5.74) is 1.82. The van der Waals surface area contributed by atoms with E-state index >= 15 is 0 Å². The van der Waals surface area contributed by atoms with E-state index in [1.165, 1.54) is 5.56 Å². The third-order valence-electron chi connectivity index (χ3n) is 3.81. The van der Waals surface area contributed by atoms with Gasteiger partial charge in [0.1, 0.15) is 0 Å². The Morgan fingerprint density at radius 2 is 2.17 bits per heavy atom. The van der Waals surface area contributed by atoms with Crippen molar-refractivity contribution in [1.82, 2.24) is 14.9 Å². The van der Waals surface area contributed by atoms with E-state index in [4.69, 9.17) is 0 Å². The molecule has 0 saturated heterocycles. The second-order valence-corrected chi connectivity index (χ2v) is 5.24. The minimum absolute atomic E-state index is 0.483. The molecule has 4 nitrogen and oxygen atoms in total. The highest BCUT2D eigenvalue weighted by Crippen LogP contribution is 2.28. The van der Waals surface area contributed by atoms with E-state index in [0.29, 0.717) is 6.54 Å². The van der Waals surface area contributed by atoms with Gasteiger partial charge < -0.3 is 10.4 Å². The first-order valence-electron chi connectivity index (χ1n) is 6.61. The third-order valence-corrected chi connectivity index (χ3v) is 3.81. The normalized spacial score (nSPS) is 18.5. The van der Waals surface area contributed by atoms with Gasteiger partial charge in [-0.3, -0.25) is 0 Å². The molecule has 0 atom stereocenters. The molecule has 2 N–H and O–H groups in total. The van der Waals surface area contributed by atoms with Gasteiger partial charge >= 0.3 is 0 Å². The fourth-order valence-corrected chi connectivity index (χ4v) is 2.76. The molecular weight excluding hydrogens is 226 g/mol. The van der Waals surface area contributed by atoms with Crippen molar-refractivity contribution in [2.45, 2.75) is 37.8 Å². The third kappa shape index (κ3) is 2.26. The summed E-state index contributed by atoms with van der Waals surface area (Å²) in [6.07, 6.45) is 7.98. The number of hydrogen-bond donors (Lipinski definition) is 2. The molecule has 96 valence electrons. The molecule has 2 aromatic rings. The summed E-state index contributed by atoms with van der Waals surface area (Å²) in [4.78, 5) is 0. The van der Waals surface area contributed by atoms with E-state index in [9.17, 15) is 5.11 Å². The van der Waals surface area contributed by atoms with Crippen LogP contribution in [0.4, 0.5) is 0 Å². The first kappa shape index (κ1) is 11.7. The Morgan fingerprint density at radius 3 is 3.00 bits per heavy atom. The number of hydrogen-bond acceptors (Lipinski definition) is 3. The predicted octanol–water partition coefficient (Wildman–Crippen LogP) is 1.73. The summed E-state index contributed by atoms with van der Waals surface area (Å²) in [5.74, 6) is 0. The van der Waals surface area contributed by atoms with Crippen LogP contribution in [0.5, 0.6) is 0 Å². The lowest BCUT2D eigenvalue weighted by atomic mass is 10.0. The van der Waals surface area contributed by atoms with Crippen LogP contribution in [0.25, 0.3) is 5.52 Å². The first-order chi connectivity index (χ1) is 8.77. The zero-order valence-electron chi connectivity index (χ0n) is 10.5. The summed E-state index contributed by atoms with van der Waals surface area (Å²) in [5, 5.41) is 17.9. The Labute approximate surface area is 107 Å². The quantitative estimate of drug-likeness (QED) is 0.862. The average molecular weight is 245 g/mol. The lowest BCUT2D eigenvalue weighted by Gasteiger charge is -2.22. The second kappa shape index (κ2) is 4.71. The Kier molecular flexibility index (Phi) is 3.06. The predicted molar refractivity (Wildman–Crippen MR) is 70.3 cm³/mol. The highest BCUT2D eigenvalue weighted by Gasteiger charge is 2.30. The summed E-state index contributed by atoms with van der Waals surface area (Å²) in [6.45, 7) is 1.44. The molecule has 1 saturated carbocycles. The zero-order chi connectivity index (χ0) is 12.4. The fourth-order valence-electron chi connectivity index (χ4n) is 2.76. The summed E-state index contributed by atoms with van der Waals surface area (Å²) >= 11 is 0. The van der Waals surface area contributed by atoms with Crippen LogP contribution in [0.2, 0.25) is 0 Å². The number of nitrogens with one attached hydrogen (secondary N) is 1. The standard InChI is InChI=1S/C14H19N3O/c18-14(6-2-3-7-14)11-15-9-12-10-16-17-8-4-1-5-13(12)17/h1,4-5,8,10,15,18H,2-3,6-7,9,11H2. The van der Waals surface area contributed by atoms with Gasteiger partial charge in [0.2, 0.25) is 0 Å². The largest absolute Gasteiger partial charge is 0.389 e. The maximum atomic E-state index is 10.2. The summed E-state index contributed by atoms with van der Waals surface area (Å²) in [6, 6.07) is 6.05. The minimum Gasteiger partial charge on any atom is -0.389 e. The van der Waals surface area contributed by atoms with Crippen LogP contribution >= 0.6 is 0 Å². The van der Waals surface area contributed by atoms with E-state index in [1.54, 1.807) is 0 Å². The van der Waals surface area contributed by atoms with Crippen LogP contribution in [-0.2, 0) is 6.54 Å². The number of nitrogens with zero attached hydrogens (tertiary/aromatic N) is 2. The van der Waals surface area contributed by atoms with Crippen LogP contribution in [0, 0.1) is 0 Å². The van der Waals surface area contributed by atoms with Gasteiger partial charge in [-0.15, -0.1) is 0 Å². The molecule has 3 rings (SSSR count). The van der Waals surface area contributed by atoms with E-state index in [-0.39, 0.29) is 0 Å². The molecule has 0 unspecified atom stereocenters. The molecule has 1 aliphatic rings. The zero-order valence-corrected chi connectivity index (χ0v) is 10.5. The fraction of sp³-hybridized carbons (Fsp3) is 0.500. The molecule has 0 aromatic carbocycles. The molecule has 0 radical (unpaired) electrons. The molecule has 1 aliphatic carbocycles. The van der Waals surface area contributed by atoms with Crippen molar-refractivity contribution in [2.75, 3.05) is 6.54 Å². The van der Waals surface area contributed by atoms with Gasteiger partial charge in [0.05, 0.1) is 17.3 Å². The molecule has 4 heteroatoms. The van der Waals surface area contributed by atoms with Crippen LogP contribution < -0.4 is 5.32 Å². The molecule has 2 heterocycles. The van der Waals surface area contributed by atoms with Crippen LogP contribution in [0.1, 0.15) is 31.2 Å². The lowest BCUT2D eigenvalue weighted by molar-refractivity contribution is 0.0475.